The lowest BCUT2D eigenvalue weighted by Crippen LogP contribution is -2.07. The second-order valence-electron chi connectivity index (χ2n) is 3.77. The van der Waals surface area contributed by atoms with Gasteiger partial charge < -0.3 is 4.42 Å². The van der Waals surface area contributed by atoms with Gasteiger partial charge in [0.15, 0.2) is 17.5 Å². The maximum atomic E-state index is 11.7. The Morgan fingerprint density at radius 1 is 1.25 bits per heavy atom. The smallest absolute Gasteiger partial charge is 0.189 e. The molecule has 0 spiro atoms. The Kier molecular flexibility index (Phi) is 1.80. The van der Waals surface area contributed by atoms with Crippen LogP contribution in [0.4, 0.5) is 0 Å². The molecule has 0 radical (unpaired) electrons. The molecule has 0 atom stereocenters. The van der Waals surface area contributed by atoms with E-state index >= 15 is 0 Å². The predicted molar refractivity (Wildman–Crippen MR) is 58.6 cm³/mol. The molecule has 1 aliphatic carbocycles. The summed E-state index contributed by atoms with van der Waals surface area (Å²) in [6.07, 6.45) is 1.15. The van der Waals surface area contributed by atoms with Crippen LogP contribution < -0.4 is 5.43 Å². The Labute approximate surface area is 91.3 Å². The van der Waals surface area contributed by atoms with E-state index in [0.29, 0.717) is 24.0 Å². The molecule has 3 nitrogen and oxygen atoms in total. The van der Waals surface area contributed by atoms with Gasteiger partial charge in [-0.1, -0.05) is 24.3 Å². The fraction of sp³-hybridized carbons (Fsp3) is 0.0769. The van der Waals surface area contributed by atoms with Crippen molar-refractivity contribution in [1.29, 1.82) is 0 Å². The zero-order chi connectivity index (χ0) is 11.1. The van der Waals surface area contributed by atoms with Crippen LogP contribution in [0.2, 0.25) is 0 Å². The summed E-state index contributed by atoms with van der Waals surface area (Å²) in [5.74, 6) is 0.630. The average molecular weight is 212 g/mol. The number of hydrogen-bond acceptors (Lipinski definition) is 3. The van der Waals surface area contributed by atoms with Crippen molar-refractivity contribution in [3.63, 3.8) is 0 Å². The van der Waals surface area contributed by atoms with Crippen molar-refractivity contribution < 1.29 is 9.21 Å². The third kappa shape index (κ3) is 1.15. The van der Waals surface area contributed by atoms with Crippen LogP contribution in [-0.4, -0.2) is 6.29 Å². The van der Waals surface area contributed by atoms with Gasteiger partial charge in [-0.3, -0.25) is 9.59 Å². The molecule has 16 heavy (non-hydrogen) atoms. The average Bonchev–Trinajstić information content (AvgIpc) is 2.68. The van der Waals surface area contributed by atoms with Gasteiger partial charge in [-0.2, -0.15) is 0 Å². The summed E-state index contributed by atoms with van der Waals surface area (Å²) in [4.78, 5) is 22.4. The second kappa shape index (κ2) is 3.17. The summed E-state index contributed by atoms with van der Waals surface area (Å²) in [7, 11) is 0. The molecular formula is C13H8O3. The number of fused-ring (bicyclic) bond motifs is 3. The molecule has 0 bridgehead atoms. The van der Waals surface area contributed by atoms with Crippen molar-refractivity contribution in [2.45, 2.75) is 6.42 Å². The lowest BCUT2D eigenvalue weighted by atomic mass is 10.1. The van der Waals surface area contributed by atoms with E-state index in [9.17, 15) is 9.59 Å². The Bertz CT molecular complexity index is 638. The van der Waals surface area contributed by atoms with E-state index in [1.54, 1.807) is 0 Å². The first kappa shape index (κ1) is 9.09. The van der Waals surface area contributed by atoms with Crippen LogP contribution in [0.1, 0.15) is 21.7 Å². The maximum Gasteiger partial charge on any atom is 0.189 e. The molecule has 1 heterocycles. The third-order valence-electron chi connectivity index (χ3n) is 2.81. The van der Waals surface area contributed by atoms with Gasteiger partial charge in [-0.15, -0.1) is 0 Å². The van der Waals surface area contributed by atoms with E-state index in [4.69, 9.17) is 4.42 Å². The number of benzene rings is 1. The van der Waals surface area contributed by atoms with Gasteiger partial charge in [0.25, 0.3) is 0 Å². The largest absolute Gasteiger partial charge is 0.453 e. The van der Waals surface area contributed by atoms with Crippen LogP contribution in [0.15, 0.2) is 39.5 Å². The Balaban J connectivity index is 2.35. The minimum Gasteiger partial charge on any atom is -0.453 e. The molecule has 1 aromatic heterocycles. The minimum absolute atomic E-state index is 0.0838. The lowest BCUT2D eigenvalue weighted by molar-refractivity contribution is 0.109. The van der Waals surface area contributed by atoms with E-state index < -0.39 is 0 Å². The quantitative estimate of drug-likeness (QED) is 0.580. The van der Waals surface area contributed by atoms with E-state index in [2.05, 4.69) is 0 Å². The zero-order valence-corrected chi connectivity index (χ0v) is 8.40. The van der Waals surface area contributed by atoms with Crippen molar-refractivity contribution in [3.8, 4) is 11.3 Å². The first-order chi connectivity index (χ1) is 7.79. The van der Waals surface area contributed by atoms with Gasteiger partial charge in [-0.05, 0) is 5.56 Å². The lowest BCUT2D eigenvalue weighted by Gasteiger charge is -1.99. The maximum absolute atomic E-state index is 11.7. The van der Waals surface area contributed by atoms with Crippen LogP contribution in [0.25, 0.3) is 11.3 Å². The summed E-state index contributed by atoms with van der Waals surface area (Å²) < 4.78 is 5.41. The molecule has 3 rings (SSSR count). The van der Waals surface area contributed by atoms with Crippen molar-refractivity contribution in [1.82, 2.24) is 0 Å². The second-order valence-corrected chi connectivity index (χ2v) is 3.77. The zero-order valence-electron chi connectivity index (χ0n) is 8.40. The van der Waals surface area contributed by atoms with E-state index in [0.717, 1.165) is 11.1 Å². The molecule has 0 saturated carbocycles. The standard InChI is InChI=1S/C13H8O3/c14-7-9-6-12(15)11-5-8-3-1-2-4-10(8)13(11)16-9/h1-4,6-7H,5H2. The van der Waals surface area contributed by atoms with Gasteiger partial charge in [0.1, 0.15) is 5.76 Å². The third-order valence-corrected chi connectivity index (χ3v) is 2.81. The van der Waals surface area contributed by atoms with Gasteiger partial charge in [0.2, 0.25) is 0 Å². The highest BCUT2D eigenvalue weighted by Gasteiger charge is 2.23. The molecule has 0 N–H and O–H groups in total. The van der Waals surface area contributed by atoms with Gasteiger partial charge in [0.05, 0.1) is 0 Å². The molecule has 2 aromatic rings. The Morgan fingerprint density at radius 3 is 2.88 bits per heavy atom. The number of rotatable bonds is 1. The van der Waals surface area contributed by atoms with Crippen molar-refractivity contribution in [2.75, 3.05) is 0 Å². The molecule has 0 amide bonds. The molecule has 1 aliphatic rings. The normalized spacial score (nSPS) is 12.0. The van der Waals surface area contributed by atoms with Crippen LogP contribution in [0.3, 0.4) is 0 Å². The first-order valence-electron chi connectivity index (χ1n) is 5.00. The molecule has 0 saturated heterocycles. The topological polar surface area (TPSA) is 47.3 Å². The number of carbonyl (C=O) groups excluding carboxylic acids is 1. The first-order valence-corrected chi connectivity index (χ1v) is 5.00. The SMILES string of the molecule is O=Cc1cc(=O)c2c(o1)-c1ccccc1C2. The Hall–Kier alpha value is -2.16. The summed E-state index contributed by atoms with van der Waals surface area (Å²) in [5.41, 5.74) is 2.51. The van der Waals surface area contributed by atoms with Crippen LogP contribution in [0, 0.1) is 0 Å². The highest BCUT2D eigenvalue weighted by atomic mass is 16.3. The highest BCUT2D eigenvalue weighted by molar-refractivity contribution is 5.76. The fourth-order valence-electron chi connectivity index (χ4n) is 2.07. The Morgan fingerprint density at radius 2 is 2.06 bits per heavy atom. The van der Waals surface area contributed by atoms with Crippen LogP contribution in [-0.2, 0) is 6.42 Å². The van der Waals surface area contributed by atoms with Crippen LogP contribution in [0.5, 0.6) is 0 Å². The monoisotopic (exact) mass is 212 g/mol. The molecule has 1 aromatic carbocycles. The number of carbonyl (C=O) groups is 1. The molecular weight excluding hydrogens is 204 g/mol. The summed E-state index contributed by atoms with van der Waals surface area (Å²) in [6.45, 7) is 0. The fourth-order valence-corrected chi connectivity index (χ4v) is 2.07. The van der Waals surface area contributed by atoms with Crippen molar-refractivity contribution in [2.24, 2.45) is 0 Å². The van der Waals surface area contributed by atoms with Crippen molar-refractivity contribution in [3.05, 3.63) is 57.4 Å². The summed E-state index contributed by atoms with van der Waals surface area (Å²) in [6, 6.07) is 8.93. The molecule has 0 unspecified atom stereocenters. The van der Waals surface area contributed by atoms with E-state index in [-0.39, 0.29) is 11.2 Å². The molecule has 0 aliphatic heterocycles. The van der Waals surface area contributed by atoms with E-state index in [1.165, 1.54) is 6.07 Å². The number of aldehydes is 1. The number of hydrogen-bond donors (Lipinski definition) is 0. The van der Waals surface area contributed by atoms with Gasteiger partial charge in [0, 0.05) is 23.6 Å². The summed E-state index contributed by atoms with van der Waals surface area (Å²) in [5, 5.41) is 0. The highest BCUT2D eigenvalue weighted by Crippen LogP contribution is 2.34. The molecule has 78 valence electrons. The van der Waals surface area contributed by atoms with Gasteiger partial charge in [-0.25, -0.2) is 0 Å². The predicted octanol–water partition coefficient (Wildman–Crippen LogP) is 2.02. The van der Waals surface area contributed by atoms with Gasteiger partial charge >= 0.3 is 0 Å². The molecule has 0 fully saturated rings. The summed E-state index contributed by atoms with van der Waals surface area (Å²) >= 11 is 0. The van der Waals surface area contributed by atoms with E-state index in [1.807, 2.05) is 24.3 Å². The van der Waals surface area contributed by atoms with Crippen LogP contribution >= 0.6 is 0 Å². The van der Waals surface area contributed by atoms with Crippen molar-refractivity contribution >= 4 is 6.29 Å². The minimum atomic E-state index is -0.125. The molecule has 3 heteroatoms.